The fourth-order valence-electron chi connectivity index (χ4n) is 3.42. The molecule has 0 saturated carbocycles. The highest BCUT2D eigenvalue weighted by Gasteiger charge is 2.32. The summed E-state index contributed by atoms with van der Waals surface area (Å²) in [5.41, 5.74) is 0.0554. The summed E-state index contributed by atoms with van der Waals surface area (Å²) in [5.74, 6) is -0.153. The lowest BCUT2D eigenvalue weighted by atomic mass is 10.1. The van der Waals surface area contributed by atoms with E-state index >= 15 is 0 Å². The van der Waals surface area contributed by atoms with E-state index in [9.17, 15) is 22.8 Å². The van der Waals surface area contributed by atoms with Crippen molar-refractivity contribution in [1.29, 1.82) is 0 Å². The van der Waals surface area contributed by atoms with Crippen LogP contribution in [0.2, 0.25) is 5.02 Å². The van der Waals surface area contributed by atoms with Crippen LogP contribution in [0.1, 0.15) is 26.5 Å². The number of amides is 2. The maximum absolute atomic E-state index is 12.8. The van der Waals surface area contributed by atoms with Gasteiger partial charge in [-0.15, -0.1) is 0 Å². The molecule has 0 radical (unpaired) electrons. The predicted octanol–water partition coefficient (Wildman–Crippen LogP) is 4.56. The molecule has 172 valence electrons. The average Bonchev–Trinajstić information content (AvgIpc) is 3.34. The zero-order chi connectivity index (χ0) is 23.6. The molecule has 0 aliphatic carbocycles. The molecule has 1 aromatic carbocycles. The second-order valence-corrected chi connectivity index (χ2v) is 7.72. The number of pyridine rings is 1. The molecule has 0 spiro atoms. The molecule has 1 aliphatic rings. The highest BCUT2D eigenvalue weighted by atomic mass is 35.5. The third kappa shape index (κ3) is 5.11. The van der Waals surface area contributed by atoms with Gasteiger partial charge in [0.2, 0.25) is 0 Å². The lowest BCUT2D eigenvalue weighted by Crippen LogP contribution is -2.49. The molecule has 1 saturated heterocycles. The van der Waals surface area contributed by atoms with E-state index < -0.39 is 17.6 Å². The fourth-order valence-corrected chi connectivity index (χ4v) is 3.70. The fraction of sp³-hybridized carbons (Fsp3) is 0.227. The molecule has 0 bridgehead atoms. The molecule has 1 N–H and O–H groups in total. The Morgan fingerprint density at radius 2 is 1.76 bits per heavy atom. The summed E-state index contributed by atoms with van der Waals surface area (Å²) in [6, 6.07) is 10.5. The standard InChI is InChI=1S/C22H18ClF3N4O3/c23-17-12-15(22(24,25)26)13-27-19(17)29-7-9-30(10-8-29)21(32)14-3-5-16(6-4-14)28-20(31)18-2-1-11-33-18/h1-6,11-13H,7-10H2,(H,28,31). The molecular weight excluding hydrogens is 461 g/mol. The Hall–Kier alpha value is -3.53. The van der Waals surface area contributed by atoms with Crippen LogP contribution >= 0.6 is 11.6 Å². The summed E-state index contributed by atoms with van der Waals surface area (Å²) < 4.78 is 43.5. The number of aromatic nitrogens is 1. The van der Waals surface area contributed by atoms with Gasteiger partial charge in [0.25, 0.3) is 11.8 Å². The van der Waals surface area contributed by atoms with Crippen molar-refractivity contribution < 1.29 is 27.2 Å². The summed E-state index contributed by atoms with van der Waals surface area (Å²) in [6.45, 7) is 1.46. The number of piperazine rings is 1. The number of benzene rings is 1. The van der Waals surface area contributed by atoms with Gasteiger partial charge in [-0.3, -0.25) is 9.59 Å². The quantitative estimate of drug-likeness (QED) is 0.594. The first-order valence-corrected chi connectivity index (χ1v) is 10.3. The van der Waals surface area contributed by atoms with Gasteiger partial charge in [0.05, 0.1) is 16.8 Å². The van der Waals surface area contributed by atoms with Gasteiger partial charge in [0.1, 0.15) is 5.82 Å². The molecular formula is C22H18ClF3N4O3. The Bertz CT molecular complexity index is 1140. The van der Waals surface area contributed by atoms with Crippen molar-refractivity contribution in [1.82, 2.24) is 9.88 Å². The average molecular weight is 479 g/mol. The molecule has 4 rings (SSSR count). The van der Waals surface area contributed by atoms with Crippen molar-refractivity contribution in [2.24, 2.45) is 0 Å². The minimum atomic E-state index is -4.52. The second-order valence-electron chi connectivity index (χ2n) is 7.32. The van der Waals surface area contributed by atoms with E-state index in [1.165, 1.54) is 6.26 Å². The number of halogens is 4. The molecule has 1 aliphatic heterocycles. The first-order chi connectivity index (χ1) is 15.7. The maximum Gasteiger partial charge on any atom is 0.417 e. The number of furan rings is 1. The predicted molar refractivity (Wildman–Crippen MR) is 115 cm³/mol. The van der Waals surface area contributed by atoms with Gasteiger partial charge < -0.3 is 19.5 Å². The van der Waals surface area contributed by atoms with Gasteiger partial charge in [-0.1, -0.05) is 11.6 Å². The normalized spacial score (nSPS) is 14.3. The van der Waals surface area contributed by atoms with E-state index in [2.05, 4.69) is 10.3 Å². The number of hydrogen-bond acceptors (Lipinski definition) is 5. The number of carbonyl (C=O) groups is 2. The van der Waals surface area contributed by atoms with E-state index in [0.717, 1.165) is 12.3 Å². The lowest BCUT2D eigenvalue weighted by Gasteiger charge is -2.35. The minimum Gasteiger partial charge on any atom is -0.459 e. The van der Waals surface area contributed by atoms with Crippen LogP contribution < -0.4 is 10.2 Å². The van der Waals surface area contributed by atoms with E-state index in [1.54, 1.807) is 46.2 Å². The van der Waals surface area contributed by atoms with E-state index in [0.29, 0.717) is 37.4 Å². The number of anilines is 2. The van der Waals surface area contributed by atoms with Crippen molar-refractivity contribution in [3.05, 3.63) is 76.8 Å². The summed E-state index contributed by atoms with van der Waals surface area (Å²) in [4.78, 5) is 32.1. The van der Waals surface area contributed by atoms with Crippen LogP contribution in [-0.2, 0) is 6.18 Å². The van der Waals surface area contributed by atoms with Crippen LogP contribution in [0.4, 0.5) is 24.7 Å². The maximum atomic E-state index is 12.8. The Morgan fingerprint density at radius 1 is 1.06 bits per heavy atom. The van der Waals surface area contributed by atoms with Crippen LogP contribution in [0.15, 0.2) is 59.3 Å². The van der Waals surface area contributed by atoms with Gasteiger partial charge >= 0.3 is 6.18 Å². The molecule has 1 fully saturated rings. The van der Waals surface area contributed by atoms with Crippen LogP contribution in [0.25, 0.3) is 0 Å². The molecule has 3 aromatic rings. The third-order valence-corrected chi connectivity index (χ3v) is 5.43. The number of nitrogens with one attached hydrogen (secondary N) is 1. The van der Waals surface area contributed by atoms with E-state index in [4.69, 9.17) is 16.0 Å². The summed E-state index contributed by atoms with van der Waals surface area (Å²) >= 11 is 6.03. The van der Waals surface area contributed by atoms with Crippen LogP contribution in [-0.4, -0.2) is 47.9 Å². The molecule has 33 heavy (non-hydrogen) atoms. The summed E-state index contributed by atoms with van der Waals surface area (Å²) in [7, 11) is 0. The second kappa shape index (κ2) is 9.14. The van der Waals surface area contributed by atoms with Gasteiger partial charge in [0, 0.05) is 43.6 Å². The Balaban J connectivity index is 1.35. The molecule has 2 amide bonds. The molecule has 0 unspecified atom stereocenters. The third-order valence-electron chi connectivity index (χ3n) is 5.15. The molecule has 2 aromatic heterocycles. The van der Waals surface area contributed by atoms with Crippen LogP contribution in [0, 0.1) is 0 Å². The summed E-state index contributed by atoms with van der Waals surface area (Å²) in [6.07, 6.45) is -2.36. The number of nitrogens with zero attached hydrogens (tertiary/aromatic N) is 3. The van der Waals surface area contributed by atoms with Gasteiger partial charge in [-0.25, -0.2) is 4.98 Å². The largest absolute Gasteiger partial charge is 0.459 e. The Kier molecular flexibility index (Phi) is 6.28. The van der Waals surface area contributed by atoms with Crippen molar-refractivity contribution in [3.63, 3.8) is 0 Å². The highest BCUT2D eigenvalue weighted by Crippen LogP contribution is 2.33. The topological polar surface area (TPSA) is 78.7 Å². The SMILES string of the molecule is O=C(Nc1ccc(C(=O)N2CCN(c3ncc(C(F)(F)F)cc3Cl)CC2)cc1)c1ccco1. The van der Waals surface area contributed by atoms with Crippen molar-refractivity contribution >= 4 is 34.9 Å². The first-order valence-electron chi connectivity index (χ1n) is 9.94. The van der Waals surface area contributed by atoms with Crippen LogP contribution in [0.5, 0.6) is 0 Å². The van der Waals surface area contributed by atoms with Crippen LogP contribution in [0.3, 0.4) is 0 Å². The smallest absolute Gasteiger partial charge is 0.417 e. The van der Waals surface area contributed by atoms with E-state index in [1.807, 2.05) is 0 Å². The van der Waals surface area contributed by atoms with Crippen molar-refractivity contribution in [2.45, 2.75) is 6.18 Å². The van der Waals surface area contributed by atoms with E-state index in [-0.39, 0.29) is 22.5 Å². The zero-order valence-corrected chi connectivity index (χ0v) is 17.9. The van der Waals surface area contributed by atoms with Crippen molar-refractivity contribution in [2.75, 3.05) is 36.4 Å². The number of alkyl halides is 3. The Labute approximate surface area is 191 Å². The number of rotatable bonds is 4. The molecule has 7 nitrogen and oxygen atoms in total. The lowest BCUT2D eigenvalue weighted by molar-refractivity contribution is -0.137. The molecule has 0 atom stereocenters. The van der Waals surface area contributed by atoms with Crippen molar-refractivity contribution in [3.8, 4) is 0 Å². The number of carbonyl (C=O) groups excluding carboxylic acids is 2. The highest BCUT2D eigenvalue weighted by molar-refractivity contribution is 6.33. The summed E-state index contributed by atoms with van der Waals surface area (Å²) in [5, 5.41) is 2.59. The minimum absolute atomic E-state index is 0.0863. The number of hydrogen-bond donors (Lipinski definition) is 1. The van der Waals surface area contributed by atoms with Gasteiger partial charge in [0.15, 0.2) is 5.76 Å². The van der Waals surface area contributed by atoms with Gasteiger partial charge in [-0.05, 0) is 42.5 Å². The first kappa shape index (κ1) is 22.7. The molecule has 11 heteroatoms. The molecule has 3 heterocycles. The van der Waals surface area contributed by atoms with Gasteiger partial charge in [-0.2, -0.15) is 13.2 Å². The zero-order valence-electron chi connectivity index (χ0n) is 17.1. The monoisotopic (exact) mass is 478 g/mol. The Morgan fingerprint density at radius 3 is 2.33 bits per heavy atom.